The number of aliphatic hydroxyl groups is 1. The monoisotopic (exact) mass is 285 g/mol. The number of aryl methyl sites for hydroxylation is 1. The molecule has 0 atom stereocenters. The van der Waals surface area contributed by atoms with Crippen molar-refractivity contribution in [1.29, 1.82) is 0 Å². The van der Waals surface area contributed by atoms with Crippen LogP contribution in [0, 0.1) is 0 Å². The van der Waals surface area contributed by atoms with Crippen LogP contribution in [0.15, 0.2) is 5.38 Å². The topological polar surface area (TPSA) is 74.2 Å². The highest BCUT2D eigenvalue weighted by Crippen LogP contribution is 2.18. The number of aromatic nitrogens is 1. The summed E-state index contributed by atoms with van der Waals surface area (Å²) in [6, 6.07) is -0.310. The molecule has 3 N–H and O–H groups in total. The zero-order valence-electron chi connectivity index (χ0n) is 11.8. The lowest BCUT2D eigenvalue weighted by Gasteiger charge is -2.30. The average Bonchev–Trinajstić information content (AvgIpc) is 2.84. The first kappa shape index (κ1) is 15.9. The fourth-order valence-corrected chi connectivity index (χ4v) is 2.53. The van der Waals surface area contributed by atoms with Gasteiger partial charge in [-0.3, -0.25) is 5.32 Å². The Kier molecular flexibility index (Phi) is 6.24. The van der Waals surface area contributed by atoms with E-state index in [0.29, 0.717) is 18.0 Å². The van der Waals surface area contributed by atoms with Crippen LogP contribution < -0.4 is 10.6 Å². The molecule has 0 aliphatic heterocycles. The summed E-state index contributed by atoms with van der Waals surface area (Å²) in [5, 5.41) is 17.5. The number of urea groups is 1. The molecule has 0 fully saturated rings. The Morgan fingerprint density at radius 3 is 2.63 bits per heavy atom. The maximum Gasteiger partial charge on any atom is 0.321 e. The summed E-state index contributed by atoms with van der Waals surface area (Å²) in [7, 11) is 0. The van der Waals surface area contributed by atoms with Gasteiger partial charge in [0.05, 0.1) is 17.8 Å². The molecule has 1 aromatic heterocycles. The highest BCUT2D eigenvalue weighted by Gasteiger charge is 2.27. The molecule has 0 aliphatic carbocycles. The zero-order chi connectivity index (χ0) is 14.3. The van der Waals surface area contributed by atoms with E-state index >= 15 is 0 Å². The van der Waals surface area contributed by atoms with E-state index in [0.717, 1.165) is 18.5 Å². The SMILES string of the molecule is CCCc1csc(NC(=O)NC(CC)(CC)CO)n1. The number of carbonyl (C=O) groups is 1. The smallest absolute Gasteiger partial charge is 0.321 e. The highest BCUT2D eigenvalue weighted by atomic mass is 32.1. The van der Waals surface area contributed by atoms with Crippen molar-refractivity contribution in [3.05, 3.63) is 11.1 Å². The molecule has 0 unspecified atom stereocenters. The molecule has 0 aromatic carbocycles. The number of hydrogen-bond donors (Lipinski definition) is 3. The van der Waals surface area contributed by atoms with Crippen molar-refractivity contribution >= 4 is 22.5 Å². The van der Waals surface area contributed by atoms with Crippen LogP contribution in [0.3, 0.4) is 0 Å². The number of rotatable bonds is 7. The van der Waals surface area contributed by atoms with Gasteiger partial charge < -0.3 is 10.4 Å². The molecule has 108 valence electrons. The van der Waals surface area contributed by atoms with Gasteiger partial charge in [-0.05, 0) is 19.3 Å². The normalized spacial score (nSPS) is 11.4. The van der Waals surface area contributed by atoms with E-state index in [1.54, 1.807) is 0 Å². The largest absolute Gasteiger partial charge is 0.394 e. The van der Waals surface area contributed by atoms with Crippen LogP contribution in [-0.4, -0.2) is 28.3 Å². The van der Waals surface area contributed by atoms with E-state index in [9.17, 15) is 9.90 Å². The van der Waals surface area contributed by atoms with Crippen LogP contribution in [0.25, 0.3) is 0 Å². The summed E-state index contributed by atoms with van der Waals surface area (Å²) < 4.78 is 0. The molecule has 1 aromatic rings. The Hall–Kier alpha value is -1.14. The number of carbonyl (C=O) groups excluding carboxylic acids is 1. The lowest BCUT2D eigenvalue weighted by atomic mass is 9.94. The van der Waals surface area contributed by atoms with E-state index in [1.807, 2.05) is 19.2 Å². The van der Waals surface area contributed by atoms with Crippen molar-refractivity contribution in [1.82, 2.24) is 10.3 Å². The molecule has 19 heavy (non-hydrogen) atoms. The average molecular weight is 285 g/mol. The predicted molar refractivity (Wildman–Crippen MR) is 78.7 cm³/mol. The summed E-state index contributed by atoms with van der Waals surface area (Å²) >= 11 is 1.42. The van der Waals surface area contributed by atoms with Crippen molar-refractivity contribution in [3.8, 4) is 0 Å². The Morgan fingerprint density at radius 2 is 2.11 bits per heavy atom. The van der Waals surface area contributed by atoms with Crippen LogP contribution in [0.4, 0.5) is 9.93 Å². The van der Waals surface area contributed by atoms with Gasteiger partial charge >= 0.3 is 6.03 Å². The maximum atomic E-state index is 11.9. The fourth-order valence-electron chi connectivity index (χ4n) is 1.79. The van der Waals surface area contributed by atoms with Gasteiger partial charge in [0.15, 0.2) is 5.13 Å². The minimum absolute atomic E-state index is 0.0631. The molecular weight excluding hydrogens is 262 g/mol. The molecule has 0 radical (unpaired) electrons. The second-order valence-corrected chi connectivity index (χ2v) is 5.48. The molecule has 0 aliphatic rings. The zero-order valence-corrected chi connectivity index (χ0v) is 12.6. The van der Waals surface area contributed by atoms with Gasteiger partial charge in [0.2, 0.25) is 0 Å². The molecule has 5 nitrogen and oxygen atoms in total. The van der Waals surface area contributed by atoms with Crippen LogP contribution in [0.1, 0.15) is 45.7 Å². The maximum absolute atomic E-state index is 11.9. The standard InChI is InChI=1S/C13H23N3O2S/c1-4-7-10-8-19-12(14-10)15-11(18)16-13(5-2,6-3)9-17/h8,17H,4-7,9H2,1-3H3,(H2,14,15,16,18). The third-order valence-electron chi connectivity index (χ3n) is 3.31. The van der Waals surface area contributed by atoms with Crippen molar-refractivity contribution < 1.29 is 9.90 Å². The molecule has 6 heteroatoms. The third-order valence-corrected chi connectivity index (χ3v) is 4.12. The summed E-state index contributed by atoms with van der Waals surface area (Å²) in [5.74, 6) is 0. The van der Waals surface area contributed by atoms with Crippen molar-refractivity contribution in [2.24, 2.45) is 0 Å². The first-order valence-electron chi connectivity index (χ1n) is 6.73. The summed E-state index contributed by atoms with van der Waals surface area (Å²) in [5.41, 5.74) is 0.454. The van der Waals surface area contributed by atoms with Crippen LogP contribution in [-0.2, 0) is 6.42 Å². The van der Waals surface area contributed by atoms with Crippen molar-refractivity contribution in [2.75, 3.05) is 11.9 Å². The quantitative estimate of drug-likeness (QED) is 0.721. The number of anilines is 1. The number of amides is 2. The van der Waals surface area contributed by atoms with Gasteiger partial charge in [-0.15, -0.1) is 11.3 Å². The van der Waals surface area contributed by atoms with Gasteiger partial charge in [0.25, 0.3) is 0 Å². The van der Waals surface area contributed by atoms with Gasteiger partial charge in [0.1, 0.15) is 0 Å². The van der Waals surface area contributed by atoms with Gasteiger partial charge in [-0.1, -0.05) is 27.2 Å². The summed E-state index contributed by atoms with van der Waals surface area (Å²) in [6.07, 6.45) is 3.33. The van der Waals surface area contributed by atoms with Crippen LogP contribution >= 0.6 is 11.3 Å². The fraction of sp³-hybridized carbons (Fsp3) is 0.692. The second-order valence-electron chi connectivity index (χ2n) is 4.62. The summed E-state index contributed by atoms with van der Waals surface area (Å²) in [6.45, 7) is 5.93. The molecule has 0 saturated heterocycles. The summed E-state index contributed by atoms with van der Waals surface area (Å²) in [4.78, 5) is 16.2. The van der Waals surface area contributed by atoms with Crippen LogP contribution in [0.2, 0.25) is 0 Å². The Bertz CT molecular complexity index is 394. The number of nitrogens with one attached hydrogen (secondary N) is 2. The first-order valence-corrected chi connectivity index (χ1v) is 7.61. The Balaban J connectivity index is 2.58. The molecule has 2 amide bonds. The Labute approximate surface area is 118 Å². The van der Waals surface area contributed by atoms with Gasteiger partial charge in [-0.25, -0.2) is 9.78 Å². The first-order chi connectivity index (χ1) is 9.09. The van der Waals surface area contributed by atoms with E-state index < -0.39 is 5.54 Å². The second kappa shape index (κ2) is 7.45. The van der Waals surface area contributed by atoms with Crippen LogP contribution in [0.5, 0.6) is 0 Å². The molecule has 0 bridgehead atoms. The number of thiazole rings is 1. The minimum Gasteiger partial charge on any atom is -0.394 e. The van der Waals surface area contributed by atoms with Crippen molar-refractivity contribution in [2.45, 2.75) is 52.0 Å². The number of hydrogen-bond acceptors (Lipinski definition) is 4. The van der Waals surface area contributed by atoms with Gasteiger partial charge in [-0.2, -0.15) is 0 Å². The predicted octanol–water partition coefficient (Wildman–Crippen LogP) is 2.77. The lowest BCUT2D eigenvalue weighted by Crippen LogP contribution is -2.51. The minimum atomic E-state index is -0.548. The Morgan fingerprint density at radius 1 is 1.42 bits per heavy atom. The highest BCUT2D eigenvalue weighted by molar-refractivity contribution is 7.13. The molecular formula is C13H23N3O2S. The molecule has 0 saturated carbocycles. The number of nitrogens with zero attached hydrogens (tertiary/aromatic N) is 1. The third kappa shape index (κ3) is 4.47. The van der Waals surface area contributed by atoms with Crippen molar-refractivity contribution in [3.63, 3.8) is 0 Å². The van der Waals surface area contributed by atoms with E-state index in [2.05, 4.69) is 22.5 Å². The molecule has 1 rings (SSSR count). The molecule has 0 spiro atoms. The van der Waals surface area contributed by atoms with E-state index in [-0.39, 0.29) is 12.6 Å². The number of aliphatic hydroxyl groups excluding tert-OH is 1. The lowest BCUT2D eigenvalue weighted by molar-refractivity contribution is 0.155. The molecule has 1 heterocycles. The van der Waals surface area contributed by atoms with E-state index in [4.69, 9.17) is 0 Å². The van der Waals surface area contributed by atoms with Gasteiger partial charge in [0, 0.05) is 5.38 Å². The van der Waals surface area contributed by atoms with E-state index in [1.165, 1.54) is 11.3 Å².